The van der Waals surface area contributed by atoms with Crippen molar-refractivity contribution in [2.75, 3.05) is 0 Å². The molecule has 6 nitrogen and oxygen atoms in total. The summed E-state index contributed by atoms with van der Waals surface area (Å²) >= 11 is 0. The van der Waals surface area contributed by atoms with Crippen LogP contribution in [0.5, 0.6) is 0 Å². The van der Waals surface area contributed by atoms with E-state index >= 15 is 0 Å². The van der Waals surface area contributed by atoms with Gasteiger partial charge in [0.2, 0.25) is 0 Å². The van der Waals surface area contributed by atoms with Crippen LogP contribution in [0.15, 0.2) is 49.1 Å². The van der Waals surface area contributed by atoms with E-state index in [2.05, 4.69) is 9.97 Å². The third-order valence-corrected chi connectivity index (χ3v) is 3.70. The monoisotopic (exact) mass is 417 g/mol. The fourth-order valence-electron chi connectivity index (χ4n) is 2.62. The maximum atomic E-state index is 11.1. The number of hydrogen-bond acceptors (Lipinski definition) is 6. The molecule has 0 spiro atoms. The number of aromatic nitrogens is 2. The molecule has 0 atom stereocenters. The first-order valence-corrected chi connectivity index (χ1v) is 8.07. The van der Waals surface area contributed by atoms with E-state index in [1.165, 1.54) is 27.7 Å². The molecule has 0 unspecified atom stereocenters. The van der Waals surface area contributed by atoms with Crippen LogP contribution in [0.25, 0.3) is 0 Å². The Morgan fingerprint density at radius 2 is 0.815 bits per heavy atom. The summed E-state index contributed by atoms with van der Waals surface area (Å²) in [6.45, 7) is 5.69. The average Bonchev–Trinajstić information content (AvgIpc) is 2.56. The van der Waals surface area contributed by atoms with Gasteiger partial charge in [0.15, 0.2) is 0 Å². The van der Waals surface area contributed by atoms with Gasteiger partial charge in [0.05, 0.1) is 0 Å². The van der Waals surface area contributed by atoms with Gasteiger partial charge in [-0.3, -0.25) is 29.1 Å². The molecule has 0 aliphatic rings. The number of carbonyl (C=O) groups is 4. The number of nitrogens with zero attached hydrogens (tertiary/aromatic N) is 2. The fourth-order valence-corrected chi connectivity index (χ4v) is 2.62. The molecule has 0 aliphatic carbocycles. The molecule has 2 heterocycles. The van der Waals surface area contributed by atoms with Crippen LogP contribution in [0, 0.1) is 0 Å². The molecule has 0 fully saturated rings. The second-order valence-electron chi connectivity index (χ2n) is 5.87. The SMILES string of the molecule is CC(=O)C(C(C)=O)c1ccncc1.CC(=O)C(C(C)=O)c1ccncc1.[Cu]. The van der Waals surface area contributed by atoms with E-state index in [9.17, 15) is 19.2 Å². The van der Waals surface area contributed by atoms with Crippen LogP contribution in [0.4, 0.5) is 0 Å². The van der Waals surface area contributed by atoms with Crippen molar-refractivity contribution in [3.05, 3.63) is 60.2 Å². The van der Waals surface area contributed by atoms with E-state index in [0.29, 0.717) is 0 Å². The first-order valence-electron chi connectivity index (χ1n) is 8.07. The minimum atomic E-state index is -0.622. The zero-order valence-corrected chi connectivity index (χ0v) is 16.5. The van der Waals surface area contributed by atoms with Gasteiger partial charge >= 0.3 is 0 Å². The van der Waals surface area contributed by atoms with Crippen LogP contribution in [0.2, 0.25) is 0 Å². The van der Waals surface area contributed by atoms with Crippen molar-refractivity contribution < 1.29 is 36.2 Å². The number of ketones is 4. The topological polar surface area (TPSA) is 94.1 Å². The fraction of sp³-hybridized carbons (Fsp3) is 0.300. The smallest absolute Gasteiger partial charge is 0.144 e. The van der Waals surface area contributed by atoms with Crippen LogP contribution in [-0.4, -0.2) is 33.1 Å². The first kappa shape index (κ1) is 24.5. The Hall–Kier alpha value is -2.50. The van der Waals surface area contributed by atoms with Gasteiger partial charge in [0, 0.05) is 41.9 Å². The summed E-state index contributed by atoms with van der Waals surface area (Å²) in [6.07, 6.45) is 6.31. The van der Waals surface area contributed by atoms with Crippen LogP contribution < -0.4 is 0 Å². The van der Waals surface area contributed by atoms with E-state index in [1.807, 2.05) is 0 Å². The van der Waals surface area contributed by atoms with Crippen molar-refractivity contribution in [2.45, 2.75) is 39.5 Å². The molecule has 0 saturated carbocycles. The quantitative estimate of drug-likeness (QED) is 0.529. The van der Waals surface area contributed by atoms with Crippen LogP contribution in [0.3, 0.4) is 0 Å². The Bertz CT molecular complexity index is 684. The Balaban J connectivity index is 0.000000483. The summed E-state index contributed by atoms with van der Waals surface area (Å²) in [5, 5.41) is 0. The Labute approximate surface area is 169 Å². The van der Waals surface area contributed by atoms with Crippen LogP contribution in [0.1, 0.15) is 50.7 Å². The summed E-state index contributed by atoms with van der Waals surface area (Å²) in [6, 6.07) is 6.75. The van der Waals surface area contributed by atoms with Gasteiger partial charge in [0.25, 0.3) is 0 Å². The number of carbonyl (C=O) groups excluding carboxylic acids is 4. The Kier molecular flexibility index (Phi) is 10.9. The van der Waals surface area contributed by atoms with E-state index in [4.69, 9.17) is 0 Å². The summed E-state index contributed by atoms with van der Waals surface area (Å²) < 4.78 is 0. The van der Waals surface area contributed by atoms with Crippen LogP contribution in [-0.2, 0) is 36.2 Å². The molecule has 0 N–H and O–H groups in total. The van der Waals surface area contributed by atoms with E-state index < -0.39 is 11.8 Å². The molecule has 2 rings (SSSR count). The van der Waals surface area contributed by atoms with Gasteiger partial charge in [0.1, 0.15) is 35.0 Å². The standard InChI is InChI=1S/2C10H11NO2.Cu/c2*1-7(12)10(8(2)13)9-3-5-11-6-4-9;/h2*3-6,10H,1-2H3;. The van der Waals surface area contributed by atoms with Crippen molar-refractivity contribution in [1.29, 1.82) is 0 Å². The average molecular weight is 418 g/mol. The van der Waals surface area contributed by atoms with Gasteiger partial charge < -0.3 is 0 Å². The summed E-state index contributed by atoms with van der Waals surface area (Å²) in [4.78, 5) is 52.2. The molecule has 0 bridgehead atoms. The van der Waals surface area contributed by atoms with Crippen molar-refractivity contribution in [2.24, 2.45) is 0 Å². The maximum absolute atomic E-state index is 11.1. The predicted octanol–water partition coefficient (Wildman–Crippen LogP) is 2.68. The third kappa shape index (κ3) is 7.72. The zero-order chi connectivity index (χ0) is 19.7. The molecule has 147 valence electrons. The number of Topliss-reactive ketones (excluding diaryl/α,β-unsaturated/α-hetero) is 4. The van der Waals surface area contributed by atoms with Gasteiger partial charge in [-0.15, -0.1) is 0 Å². The van der Waals surface area contributed by atoms with E-state index in [1.54, 1.807) is 49.1 Å². The minimum absolute atomic E-state index is 0. The number of hydrogen-bond donors (Lipinski definition) is 0. The Morgan fingerprint density at radius 1 is 0.593 bits per heavy atom. The molecule has 0 saturated heterocycles. The molecular weight excluding hydrogens is 396 g/mol. The van der Waals surface area contributed by atoms with E-state index in [0.717, 1.165) is 11.1 Å². The van der Waals surface area contributed by atoms with Gasteiger partial charge in [-0.25, -0.2) is 0 Å². The predicted molar refractivity (Wildman–Crippen MR) is 96.7 cm³/mol. The number of rotatable bonds is 6. The third-order valence-electron chi connectivity index (χ3n) is 3.70. The molecular formula is C20H22CuN2O4. The summed E-state index contributed by atoms with van der Waals surface area (Å²) in [7, 11) is 0. The molecule has 0 aliphatic heterocycles. The minimum Gasteiger partial charge on any atom is -0.299 e. The van der Waals surface area contributed by atoms with Gasteiger partial charge in [-0.05, 0) is 63.1 Å². The largest absolute Gasteiger partial charge is 0.299 e. The van der Waals surface area contributed by atoms with Crippen molar-refractivity contribution >= 4 is 23.1 Å². The first-order chi connectivity index (χ1) is 12.3. The molecule has 2 aromatic rings. The molecule has 27 heavy (non-hydrogen) atoms. The zero-order valence-electron chi connectivity index (χ0n) is 15.6. The second-order valence-corrected chi connectivity index (χ2v) is 5.87. The summed E-state index contributed by atoms with van der Waals surface area (Å²) in [5.41, 5.74) is 1.44. The maximum Gasteiger partial charge on any atom is 0.144 e. The molecule has 1 radical (unpaired) electrons. The molecule has 2 aromatic heterocycles. The second kappa shape index (κ2) is 12.0. The molecule has 7 heteroatoms. The summed E-state index contributed by atoms with van der Waals surface area (Å²) in [5.74, 6) is -1.75. The van der Waals surface area contributed by atoms with Gasteiger partial charge in [-0.1, -0.05) is 0 Å². The normalized spacial score (nSPS) is 9.70. The van der Waals surface area contributed by atoms with Crippen LogP contribution >= 0.6 is 0 Å². The molecule has 0 aromatic carbocycles. The van der Waals surface area contributed by atoms with Crippen molar-refractivity contribution in [3.8, 4) is 0 Å². The number of pyridine rings is 2. The molecule has 0 amide bonds. The van der Waals surface area contributed by atoms with E-state index in [-0.39, 0.29) is 40.2 Å². The van der Waals surface area contributed by atoms with Gasteiger partial charge in [-0.2, -0.15) is 0 Å². The Morgan fingerprint density at radius 3 is 1.00 bits per heavy atom. The van der Waals surface area contributed by atoms with Crippen molar-refractivity contribution in [3.63, 3.8) is 0 Å². The van der Waals surface area contributed by atoms with Crippen molar-refractivity contribution in [1.82, 2.24) is 9.97 Å².